The summed E-state index contributed by atoms with van der Waals surface area (Å²) in [6.07, 6.45) is 5.90. The van der Waals surface area contributed by atoms with Crippen LogP contribution in [0.15, 0.2) is 66.7 Å². The highest BCUT2D eigenvalue weighted by Gasteiger charge is 2.49. The van der Waals surface area contributed by atoms with Crippen molar-refractivity contribution in [2.75, 3.05) is 19.6 Å². The van der Waals surface area contributed by atoms with Gasteiger partial charge < -0.3 is 5.32 Å². The van der Waals surface area contributed by atoms with Crippen molar-refractivity contribution in [3.63, 3.8) is 0 Å². The minimum Gasteiger partial charge on any atom is -0.352 e. The third-order valence-corrected chi connectivity index (χ3v) is 9.56. The first-order chi connectivity index (χ1) is 18.4. The zero-order chi connectivity index (χ0) is 26.3. The first kappa shape index (κ1) is 24.9. The molecule has 1 saturated carbocycles. The lowest BCUT2D eigenvalue weighted by Crippen LogP contribution is -2.58. The molecule has 1 amide bonds. The van der Waals surface area contributed by atoms with E-state index in [1.54, 1.807) is 0 Å². The smallest absolute Gasteiger partial charge is 0.251 e. The number of piperidine rings is 1. The molecule has 6 rings (SSSR count). The molecule has 2 fully saturated rings. The molecule has 4 heteroatoms. The zero-order valence-corrected chi connectivity index (χ0v) is 22.5. The largest absolute Gasteiger partial charge is 0.352 e. The quantitative estimate of drug-likeness (QED) is 0.360. The number of carbonyl (C=O) groups is 1. The third kappa shape index (κ3) is 4.76. The van der Waals surface area contributed by atoms with Crippen LogP contribution in [0.1, 0.15) is 60.2 Å². The Labute approximate surface area is 226 Å². The number of likely N-dealkylation sites (tertiary alicyclic amines) is 1. The summed E-state index contributed by atoms with van der Waals surface area (Å²) in [7, 11) is 0. The third-order valence-electron chi connectivity index (χ3n) is 9.56. The molecule has 3 aromatic rings. The molecule has 2 bridgehead atoms. The van der Waals surface area contributed by atoms with E-state index in [1.165, 1.54) is 49.0 Å². The Hall–Kier alpha value is -3.42. The van der Waals surface area contributed by atoms with Crippen molar-refractivity contribution in [2.24, 2.45) is 11.8 Å². The number of amides is 1. The Balaban J connectivity index is 1.08. The highest BCUT2D eigenvalue weighted by atomic mass is 16.1. The maximum absolute atomic E-state index is 13.1. The van der Waals surface area contributed by atoms with E-state index >= 15 is 0 Å². The van der Waals surface area contributed by atoms with E-state index in [-0.39, 0.29) is 11.3 Å². The van der Waals surface area contributed by atoms with Crippen LogP contribution in [-0.4, -0.2) is 36.5 Å². The summed E-state index contributed by atoms with van der Waals surface area (Å²) in [4.78, 5) is 19.3. The van der Waals surface area contributed by atoms with Gasteiger partial charge in [-0.1, -0.05) is 68.4 Å². The molecule has 1 N–H and O–H groups in total. The molecule has 0 spiro atoms. The number of hydrogen-bond acceptors (Lipinski definition) is 2. The summed E-state index contributed by atoms with van der Waals surface area (Å²) in [6, 6.07) is 23.2. The summed E-state index contributed by atoms with van der Waals surface area (Å²) < 4.78 is 0. The lowest BCUT2D eigenvalue weighted by molar-refractivity contribution is 0.0284. The number of carbonyl (C=O) groups excluding carboxylic acids is 1. The van der Waals surface area contributed by atoms with Crippen LogP contribution in [-0.2, 0) is 18.3 Å². The van der Waals surface area contributed by atoms with E-state index in [9.17, 15) is 4.79 Å². The van der Waals surface area contributed by atoms with Gasteiger partial charge >= 0.3 is 0 Å². The van der Waals surface area contributed by atoms with Crippen LogP contribution < -0.4 is 5.32 Å². The van der Waals surface area contributed by atoms with Gasteiger partial charge in [0.05, 0.1) is 6.57 Å². The van der Waals surface area contributed by atoms with Gasteiger partial charge in [0, 0.05) is 24.7 Å². The van der Waals surface area contributed by atoms with Crippen molar-refractivity contribution in [1.82, 2.24) is 10.2 Å². The van der Waals surface area contributed by atoms with E-state index in [4.69, 9.17) is 6.57 Å². The first-order valence-electron chi connectivity index (χ1n) is 14.2. The molecule has 4 nitrogen and oxygen atoms in total. The van der Waals surface area contributed by atoms with E-state index in [1.807, 2.05) is 30.3 Å². The maximum Gasteiger partial charge on any atom is 0.251 e. The average molecular weight is 504 g/mol. The van der Waals surface area contributed by atoms with Crippen LogP contribution in [0.4, 0.5) is 5.69 Å². The molecule has 1 aliphatic heterocycles. The number of benzene rings is 3. The van der Waals surface area contributed by atoms with Gasteiger partial charge in [-0.25, -0.2) is 4.85 Å². The fourth-order valence-corrected chi connectivity index (χ4v) is 6.72. The number of rotatable bonds is 7. The molecule has 1 heterocycles. The Kier molecular flexibility index (Phi) is 6.58. The number of nitrogens with one attached hydrogen (secondary N) is 1. The van der Waals surface area contributed by atoms with Crippen molar-refractivity contribution in [3.05, 3.63) is 100 Å². The molecule has 0 radical (unpaired) electrons. The molecule has 1 saturated heterocycles. The van der Waals surface area contributed by atoms with Crippen molar-refractivity contribution >= 4 is 11.6 Å². The Morgan fingerprint density at radius 2 is 1.76 bits per heavy atom. The molecule has 3 unspecified atom stereocenters. The van der Waals surface area contributed by atoms with Crippen LogP contribution in [0.25, 0.3) is 16.0 Å². The van der Waals surface area contributed by atoms with Crippen LogP contribution in [0.5, 0.6) is 0 Å². The van der Waals surface area contributed by atoms with E-state index in [0.29, 0.717) is 24.2 Å². The monoisotopic (exact) mass is 503 g/mol. The lowest BCUT2D eigenvalue weighted by atomic mass is 9.59. The molecule has 38 heavy (non-hydrogen) atoms. The number of hydrogen-bond donors (Lipinski definition) is 1. The van der Waals surface area contributed by atoms with Gasteiger partial charge in [0.2, 0.25) is 0 Å². The minimum absolute atomic E-state index is 0.0221. The first-order valence-corrected chi connectivity index (χ1v) is 14.2. The SMILES string of the molecule is [C-]#[N+]c1ccc(-c2ccc(CCNC(=O)c3ccc4c(c3)C3(C)CCN(CC5CC5)C(C4)C3C)cc2)cc1. The molecule has 194 valence electrons. The number of fused-ring (bicyclic) bond motifs is 4. The summed E-state index contributed by atoms with van der Waals surface area (Å²) in [5, 5.41) is 3.15. The fraction of sp³-hybridized carbons (Fsp3) is 0.412. The zero-order valence-electron chi connectivity index (χ0n) is 22.5. The van der Waals surface area contributed by atoms with E-state index < -0.39 is 0 Å². The topological polar surface area (TPSA) is 36.7 Å². The highest BCUT2D eigenvalue weighted by molar-refractivity contribution is 5.94. The molecule has 3 aliphatic rings. The normalized spacial score (nSPS) is 24.3. The predicted molar refractivity (Wildman–Crippen MR) is 154 cm³/mol. The van der Waals surface area contributed by atoms with Crippen molar-refractivity contribution < 1.29 is 4.79 Å². The van der Waals surface area contributed by atoms with Crippen LogP contribution in [0.2, 0.25) is 0 Å². The summed E-state index contributed by atoms with van der Waals surface area (Å²) in [6.45, 7) is 15.0. The maximum atomic E-state index is 13.1. The fourth-order valence-electron chi connectivity index (χ4n) is 6.72. The molecule has 3 atom stereocenters. The summed E-state index contributed by atoms with van der Waals surface area (Å²) >= 11 is 0. The standard InChI is InChI=1S/C34H37N3O/c1-23-32-21-28-10-11-29(20-31(28)34(23,2)17-19-37(32)22-25-4-5-25)33(38)36-18-16-24-6-8-26(9-7-24)27-12-14-30(35-3)15-13-27/h6-15,20,23,25,32H,4-5,16-19,21-22H2,1-2H3,(H,36,38). The molecular weight excluding hydrogens is 466 g/mol. The second-order valence-corrected chi connectivity index (χ2v) is 11.9. The number of nitrogens with zero attached hydrogens (tertiary/aromatic N) is 2. The van der Waals surface area contributed by atoms with Gasteiger partial charge in [-0.05, 0) is 95.8 Å². The Bertz CT molecular complexity index is 1370. The predicted octanol–water partition coefficient (Wildman–Crippen LogP) is 6.81. The average Bonchev–Trinajstić information content (AvgIpc) is 3.77. The summed E-state index contributed by atoms with van der Waals surface area (Å²) in [5.74, 6) is 1.56. The van der Waals surface area contributed by atoms with Gasteiger partial charge in [-0.2, -0.15) is 0 Å². The van der Waals surface area contributed by atoms with Crippen LogP contribution >= 0.6 is 0 Å². The molecule has 0 aromatic heterocycles. The Morgan fingerprint density at radius 3 is 2.45 bits per heavy atom. The summed E-state index contributed by atoms with van der Waals surface area (Å²) in [5.41, 5.74) is 7.86. The van der Waals surface area contributed by atoms with Crippen molar-refractivity contribution in [3.8, 4) is 11.1 Å². The van der Waals surface area contributed by atoms with Gasteiger partial charge in [-0.3, -0.25) is 9.69 Å². The second kappa shape index (κ2) is 10.0. The van der Waals surface area contributed by atoms with Gasteiger partial charge in [0.25, 0.3) is 5.91 Å². The molecule has 3 aromatic carbocycles. The Morgan fingerprint density at radius 1 is 1.05 bits per heavy atom. The molecule has 2 aliphatic carbocycles. The lowest BCUT2D eigenvalue weighted by Gasteiger charge is -2.55. The van der Waals surface area contributed by atoms with Crippen molar-refractivity contribution in [2.45, 2.75) is 57.4 Å². The van der Waals surface area contributed by atoms with Gasteiger partial charge in [0.15, 0.2) is 5.69 Å². The van der Waals surface area contributed by atoms with E-state index in [0.717, 1.165) is 35.4 Å². The minimum atomic E-state index is 0.0221. The highest BCUT2D eigenvalue weighted by Crippen LogP contribution is 2.49. The van der Waals surface area contributed by atoms with E-state index in [2.05, 4.69) is 65.3 Å². The van der Waals surface area contributed by atoms with Crippen molar-refractivity contribution in [1.29, 1.82) is 0 Å². The van der Waals surface area contributed by atoms with Crippen LogP contribution in [0, 0.1) is 18.4 Å². The molecular formula is C34H37N3O. The van der Waals surface area contributed by atoms with Gasteiger partial charge in [-0.15, -0.1) is 0 Å². The van der Waals surface area contributed by atoms with Gasteiger partial charge in [0.1, 0.15) is 0 Å². The van der Waals surface area contributed by atoms with Crippen LogP contribution in [0.3, 0.4) is 0 Å². The second-order valence-electron chi connectivity index (χ2n) is 11.9.